The van der Waals surface area contributed by atoms with Crippen molar-refractivity contribution in [2.75, 3.05) is 7.11 Å². The number of carbonyl (C=O) groups is 2. The highest BCUT2D eigenvalue weighted by Gasteiger charge is 2.60. The SMILES string of the molecule is COC(=O)[C@H]1CC[C@H]2C3CC=C4NC(=O)CC[C@]4(C)C3CC[C@]12C. The van der Waals surface area contributed by atoms with Crippen LogP contribution in [-0.4, -0.2) is 19.0 Å². The topological polar surface area (TPSA) is 55.4 Å². The third-order valence-electron chi connectivity index (χ3n) is 8.10. The Morgan fingerprint density at radius 3 is 2.75 bits per heavy atom. The van der Waals surface area contributed by atoms with Crippen molar-refractivity contribution in [3.05, 3.63) is 11.8 Å². The van der Waals surface area contributed by atoms with Gasteiger partial charge in [0.15, 0.2) is 0 Å². The number of ether oxygens (including phenoxy) is 1. The Morgan fingerprint density at radius 1 is 1.21 bits per heavy atom. The van der Waals surface area contributed by atoms with Gasteiger partial charge in [-0.1, -0.05) is 19.9 Å². The van der Waals surface area contributed by atoms with E-state index in [4.69, 9.17) is 4.74 Å². The van der Waals surface area contributed by atoms with Crippen LogP contribution in [0.2, 0.25) is 0 Å². The Balaban J connectivity index is 1.65. The van der Waals surface area contributed by atoms with Gasteiger partial charge in [-0.3, -0.25) is 9.59 Å². The number of fused-ring (bicyclic) bond motifs is 5. The lowest BCUT2D eigenvalue weighted by Crippen LogP contribution is -2.53. The van der Waals surface area contributed by atoms with Gasteiger partial charge in [0.05, 0.1) is 13.0 Å². The van der Waals surface area contributed by atoms with Gasteiger partial charge < -0.3 is 10.1 Å². The summed E-state index contributed by atoms with van der Waals surface area (Å²) >= 11 is 0. The van der Waals surface area contributed by atoms with Crippen molar-refractivity contribution in [3.63, 3.8) is 0 Å². The molecule has 1 N–H and O–H groups in total. The number of nitrogens with one attached hydrogen (secondary N) is 1. The third kappa shape index (κ3) is 2.04. The van der Waals surface area contributed by atoms with Crippen LogP contribution in [-0.2, 0) is 14.3 Å². The highest BCUT2D eigenvalue weighted by Crippen LogP contribution is 2.65. The summed E-state index contributed by atoms with van der Waals surface area (Å²) in [6.07, 6.45) is 9.33. The molecule has 132 valence electrons. The summed E-state index contributed by atoms with van der Waals surface area (Å²) < 4.78 is 5.10. The van der Waals surface area contributed by atoms with Crippen molar-refractivity contribution in [1.82, 2.24) is 5.32 Å². The fourth-order valence-electron chi connectivity index (χ4n) is 6.72. The average molecular weight is 331 g/mol. The van der Waals surface area contributed by atoms with Crippen LogP contribution < -0.4 is 5.32 Å². The van der Waals surface area contributed by atoms with Crippen molar-refractivity contribution in [1.29, 1.82) is 0 Å². The summed E-state index contributed by atoms with van der Waals surface area (Å²) in [6.45, 7) is 4.68. The molecule has 0 spiro atoms. The maximum absolute atomic E-state index is 12.3. The Morgan fingerprint density at radius 2 is 2.00 bits per heavy atom. The molecule has 4 nitrogen and oxygen atoms in total. The molecule has 2 unspecified atom stereocenters. The second-order valence-corrected chi connectivity index (χ2v) is 8.89. The normalized spacial score (nSPS) is 47.0. The summed E-state index contributed by atoms with van der Waals surface area (Å²) in [7, 11) is 1.52. The number of methoxy groups -OCH3 is 1. The average Bonchev–Trinajstić information content (AvgIpc) is 2.92. The van der Waals surface area contributed by atoms with Crippen LogP contribution in [0.15, 0.2) is 11.8 Å². The number of amides is 1. The molecule has 4 heteroatoms. The molecule has 0 aromatic heterocycles. The molecule has 1 amide bonds. The monoisotopic (exact) mass is 331 g/mol. The lowest BCUT2D eigenvalue weighted by atomic mass is 9.49. The first-order valence-electron chi connectivity index (χ1n) is 9.48. The summed E-state index contributed by atoms with van der Waals surface area (Å²) in [5, 5.41) is 3.15. The zero-order valence-electron chi connectivity index (χ0n) is 15.1. The zero-order valence-corrected chi connectivity index (χ0v) is 15.1. The van der Waals surface area contributed by atoms with Crippen molar-refractivity contribution in [3.8, 4) is 0 Å². The van der Waals surface area contributed by atoms with Crippen molar-refractivity contribution >= 4 is 11.9 Å². The Hall–Kier alpha value is -1.32. The van der Waals surface area contributed by atoms with Gasteiger partial charge >= 0.3 is 5.97 Å². The first-order valence-corrected chi connectivity index (χ1v) is 9.48. The maximum Gasteiger partial charge on any atom is 0.309 e. The van der Waals surface area contributed by atoms with Gasteiger partial charge in [0.1, 0.15) is 0 Å². The second-order valence-electron chi connectivity index (χ2n) is 8.89. The molecule has 1 aliphatic heterocycles. The minimum atomic E-state index is -0.0124. The first-order chi connectivity index (χ1) is 11.4. The highest BCUT2D eigenvalue weighted by molar-refractivity contribution is 5.79. The van der Waals surface area contributed by atoms with Gasteiger partial charge in [0.25, 0.3) is 0 Å². The number of piperidine rings is 1. The Labute approximate surface area is 144 Å². The second kappa shape index (κ2) is 5.34. The van der Waals surface area contributed by atoms with Crippen LogP contribution in [0.4, 0.5) is 0 Å². The van der Waals surface area contributed by atoms with Crippen molar-refractivity contribution in [2.24, 2.45) is 34.5 Å². The molecule has 0 aromatic carbocycles. The summed E-state index contributed by atoms with van der Waals surface area (Å²) in [5.41, 5.74) is 1.38. The van der Waals surface area contributed by atoms with Gasteiger partial charge in [-0.25, -0.2) is 0 Å². The van der Waals surface area contributed by atoms with Crippen LogP contribution in [0.3, 0.4) is 0 Å². The third-order valence-corrected chi connectivity index (χ3v) is 8.10. The molecule has 1 saturated heterocycles. The summed E-state index contributed by atoms with van der Waals surface area (Å²) in [4.78, 5) is 24.1. The minimum Gasteiger partial charge on any atom is -0.469 e. The van der Waals surface area contributed by atoms with Crippen LogP contribution in [0.25, 0.3) is 0 Å². The number of allylic oxidation sites excluding steroid dienone is 2. The van der Waals surface area contributed by atoms with E-state index in [9.17, 15) is 9.59 Å². The Bertz CT molecular complexity index is 612. The highest BCUT2D eigenvalue weighted by atomic mass is 16.5. The predicted octanol–water partition coefficient (Wildman–Crippen LogP) is 3.42. The van der Waals surface area contributed by atoms with E-state index in [2.05, 4.69) is 25.2 Å². The number of carbonyl (C=O) groups excluding carboxylic acids is 2. The molecule has 0 aromatic rings. The van der Waals surface area contributed by atoms with Crippen LogP contribution in [0.1, 0.15) is 58.8 Å². The maximum atomic E-state index is 12.3. The van der Waals surface area contributed by atoms with E-state index in [1.165, 1.54) is 12.8 Å². The molecular weight excluding hydrogens is 302 g/mol. The number of rotatable bonds is 1. The van der Waals surface area contributed by atoms with E-state index < -0.39 is 0 Å². The molecule has 2 saturated carbocycles. The molecule has 0 radical (unpaired) electrons. The van der Waals surface area contributed by atoms with Crippen molar-refractivity contribution in [2.45, 2.75) is 58.8 Å². The molecule has 1 heterocycles. The minimum absolute atomic E-state index is 0.0124. The van der Waals surface area contributed by atoms with Gasteiger partial charge in [-0.05, 0) is 61.7 Å². The van der Waals surface area contributed by atoms with Gasteiger partial charge in [-0.15, -0.1) is 0 Å². The van der Waals surface area contributed by atoms with Crippen LogP contribution >= 0.6 is 0 Å². The molecule has 4 aliphatic rings. The van der Waals surface area contributed by atoms with E-state index in [1.807, 2.05) is 0 Å². The van der Waals surface area contributed by atoms with Gasteiger partial charge in [0, 0.05) is 17.5 Å². The quantitative estimate of drug-likeness (QED) is 0.749. The van der Waals surface area contributed by atoms with E-state index in [0.717, 1.165) is 38.5 Å². The van der Waals surface area contributed by atoms with E-state index in [0.29, 0.717) is 24.2 Å². The summed E-state index contributed by atoms with van der Waals surface area (Å²) in [5.74, 6) is 2.10. The van der Waals surface area contributed by atoms with Crippen LogP contribution in [0.5, 0.6) is 0 Å². The lowest BCUT2D eigenvalue weighted by molar-refractivity contribution is -0.152. The fourth-order valence-corrected chi connectivity index (χ4v) is 6.72. The van der Waals surface area contributed by atoms with E-state index in [1.54, 1.807) is 0 Å². The van der Waals surface area contributed by atoms with E-state index >= 15 is 0 Å². The zero-order chi connectivity index (χ0) is 17.1. The van der Waals surface area contributed by atoms with E-state index in [-0.39, 0.29) is 28.6 Å². The molecule has 24 heavy (non-hydrogen) atoms. The smallest absolute Gasteiger partial charge is 0.309 e. The fraction of sp³-hybridized carbons (Fsp3) is 0.800. The largest absolute Gasteiger partial charge is 0.469 e. The standard InChI is InChI=1S/C20H29NO3/c1-19-10-8-14-12(13(19)5-6-15(19)18(23)24-3)4-7-16-20(14,2)11-9-17(22)21-16/h7,12-15H,4-6,8-11H2,1-3H3,(H,21,22)/t12?,13-,14?,15+,19-,20+/m0/s1. The molecule has 4 rings (SSSR count). The van der Waals surface area contributed by atoms with Gasteiger partial charge in [-0.2, -0.15) is 0 Å². The van der Waals surface area contributed by atoms with Gasteiger partial charge in [0.2, 0.25) is 5.91 Å². The van der Waals surface area contributed by atoms with Crippen LogP contribution in [0, 0.1) is 34.5 Å². The molecule has 6 atom stereocenters. The predicted molar refractivity (Wildman–Crippen MR) is 90.7 cm³/mol. The Kier molecular flexibility index (Phi) is 3.59. The number of hydrogen-bond acceptors (Lipinski definition) is 3. The summed E-state index contributed by atoms with van der Waals surface area (Å²) in [6, 6.07) is 0. The molecular formula is C20H29NO3. The number of hydrogen-bond donors (Lipinski definition) is 1. The van der Waals surface area contributed by atoms with Crippen molar-refractivity contribution < 1.29 is 14.3 Å². The lowest BCUT2D eigenvalue weighted by Gasteiger charge is -2.57. The molecule has 3 aliphatic carbocycles. The number of esters is 1. The molecule has 0 bridgehead atoms. The molecule has 3 fully saturated rings. The first kappa shape index (κ1) is 16.2.